The number of aliphatic hydroxyl groups is 1. The van der Waals surface area contributed by atoms with Gasteiger partial charge >= 0.3 is 5.97 Å². The zero-order chi connectivity index (χ0) is 27.1. The molecular formula is C28H46N2O6. The van der Waals surface area contributed by atoms with Crippen LogP contribution in [0, 0.1) is 11.8 Å². The number of esters is 1. The van der Waals surface area contributed by atoms with Gasteiger partial charge in [0.1, 0.15) is 24.8 Å². The molecule has 8 nitrogen and oxygen atoms in total. The van der Waals surface area contributed by atoms with Crippen LogP contribution in [0.2, 0.25) is 0 Å². The van der Waals surface area contributed by atoms with Crippen molar-refractivity contribution in [3.63, 3.8) is 0 Å². The minimum absolute atomic E-state index is 0.181. The van der Waals surface area contributed by atoms with E-state index in [1.165, 1.54) is 39.7 Å². The molecule has 0 amide bonds. The monoisotopic (exact) mass is 506 g/mol. The summed E-state index contributed by atoms with van der Waals surface area (Å²) in [6.45, 7) is 13.0. The number of methoxy groups -OCH3 is 2. The molecule has 0 unspecified atom stereocenters. The molecule has 0 saturated heterocycles. The number of aliphatic hydroxyl groups excluding tert-OH is 1. The van der Waals surface area contributed by atoms with Crippen LogP contribution in [-0.2, 0) is 14.3 Å². The molecule has 1 aromatic carbocycles. The van der Waals surface area contributed by atoms with Gasteiger partial charge < -0.3 is 29.4 Å². The third-order valence-electron chi connectivity index (χ3n) is 5.59. The third-order valence-corrected chi connectivity index (χ3v) is 5.59. The first kappa shape index (κ1) is 31.4. The maximum atomic E-state index is 10.2. The van der Waals surface area contributed by atoms with Crippen LogP contribution < -0.4 is 14.8 Å². The first-order valence-electron chi connectivity index (χ1n) is 12.6. The number of hydrogen-bond acceptors (Lipinski definition) is 8. The van der Waals surface area contributed by atoms with E-state index < -0.39 is 0 Å². The van der Waals surface area contributed by atoms with Crippen LogP contribution in [0.15, 0.2) is 24.4 Å². The fourth-order valence-electron chi connectivity index (χ4n) is 3.77. The molecule has 0 radical (unpaired) electrons. The van der Waals surface area contributed by atoms with E-state index in [0.29, 0.717) is 6.61 Å². The standard InChI is InChI=1S/C12H12N2O2.C8H16.C6H12O2.C2H6O2/c1-15-8-2-3-10-9(6-8)12-11(7-14-10)16-5-4-13-12;1-7-3-5-8(2)6-4-7;1-5(7)8-6(2,3)4;1-4-2-3/h2-3,6-7,13H,4-5H2,1H3;7-8H,3-6H2,1-2H3;1-4H3;3H,2H2,1H3. The summed E-state index contributed by atoms with van der Waals surface area (Å²) >= 11 is 0. The minimum Gasteiger partial charge on any atom is -0.497 e. The number of hydrogen-bond donors (Lipinski definition) is 2. The summed E-state index contributed by atoms with van der Waals surface area (Å²) in [5, 5.41) is 12.0. The Kier molecular flexibility index (Phi) is 14.2. The summed E-state index contributed by atoms with van der Waals surface area (Å²) in [7, 11) is 3.09. The van der Waals surface area contributed by atoms with E-state index in [-0.39, 0.29) is 18.4 Å². The highest BCUT2D eigenvalue weighted by Gasteiger charge is 2.15. The maximum absolute atomic E-state index is 10.2. The molecule has 2 aliphatic rings. The predicted octanol–water partition coefficient (Wildman–Crippen LogP) is 5.81. The number of aromatic nitrogens is 1. The molecule has 1 aliphatic carbocycles. The number of fused-ring (bicyclic) bond motifs is 3. The van der Waals surface area contributed by atoms with Crippen molar-refractivity contribution in [2.75, 3.05) is 39.5 Å². The predicted molar refractivity (Wildman–Crippen MR) is 145 cm³/mol. The van der Waals surface area contributed by atoms with Gasteiger partial charge in [0, 0.05) is 26.0 Å². The summed E-state index contributed by atoms with van der Waals surface area (Å²) in [5.74, 6) is 3.46. The smallest absolute Gasteiger partial charge is 0.303 e. The second kappa shape index (κ2) is 16.2. The zero-order valence-corrected chi connectivity index (χ0v) is 23.3. The average molecular weight is 507 g/mol. The SMILES string of the molecule is CC(=O)OC(C)(C)C.CC1CCC(C)CC1.COCO.COc1ccc2ncc3c(c2c1)NCCO3. The Labute approximate surface area is 216 Å². The lowest BCUT2D eigenvalue weighted by molar-refractivity contribution is -0.151. The Morgan fingerprint density at radius 3 is 2.17 bits per heavy atom. The Hall–Kier alpha value is -2.58. The van der Waals surface area contributed by atoms with E-state index in [2.05, 4.69) is 28.9 Å². The number of carbonyl (C=O) groups excluding carboxylic acids is 1. The molecule has 1 aromatic heterocycles. The Morgan fingerprint density at radius 2 is 1.72 bits per heavy atom. The molecule has 1 fully saturated rings. The van der Waals surface area contributed by atoms with E-state index in [1.54, 1.807) is 13.3 Å². The third kappa shape index (κ3) is 12.4. The van der Waals surface area contributed by atoms with Crippen molar-refractivity contribution < 1.29 is 28.8 Å². The van der Waals surface area contributed by atoms with Crippen LogP contribution in [0.5, 0.6) is 11.5 Å². The van der Waals surface area contributed by atoms with E-state index in [1.807, 2.05) is 39.0 Å². The summed E-state index contributed by atoms with van der Waals surface area (Å²) < 4.78 is 19.7. The number of benzene rings is 1. The number of nitrogens with one attached hydrogen (secondary N) is 1. The fourth-order valence-corrected chi connectivity index (χ4v) is 3.77. The van der Waals surface area contributed by atoms with Gasteiger partial charge in [-0.1, -0.05) is 39.5 Å². The quantitative estimate of drug-likeness (QED) is 0.389. The molecule has 2 heterocycles. The molecule has 1 saturated carbocycles. The van der Waals surface area contributed by atoms with Gasteiger partial charge in [0.05, 0.1) is 24.5 Å². The fraction of sp³-hybridized carbons (Fsp3) is 0.643. The van der Waals surface area contributed by atoms with E-state index in [4.69, 9.17) is 19.3 Å². The lowest BCUT2D eigenvalue weighted by atomic mass is 9.84. The minimum atomic E-state index is -0.328. The van der Waals surface area contributed by atoms with Gasteiger partial charge in [0.2, 0.25) is 0 Å². The van der Waals surface area contributed by atoms with Crippen molar-refractivity contribution in [2.45, 2.75) is 72.8 Å². The van der Waals surface area contributed by atoms with Gasteiger partial charge in [-0.2, -0.15) is 0 Å². The first-order valence-corrected chi connectivity index (χ1v) is 12.6. The van der Waals surface area contributed by atoms with Crippen LogP contribution in [-0.4, -0.2) is 55.8 Å². The average Bonchev–Trinajstić information content (AvgIpc) is 2.85. The topological polar surface area (TPSA) is 99.1 Å². The van der Waals surface area contributed by atoms with Crippen molar-refractivity contribution in [1.29, 1.82) is 0 Å². The Bertz CT molecular complexity index is 888. The van der Waals surface area contributed by atoms with Crippen molar-refractivity contribution in [3.8, 4) is 11.5 Å². The van der Waals surface area contributed by atoms with Crippen molar-refractivity contribution in [1.82, 2.24) is 4.98 Å². The van der Waals surface area contributed by atoms with Gasteiger partial charge in [0.25, 0.3) is 0 Å². The second-order valence-electron chi connectivity index (χ2n) is 10.1. The molecule has 0 bridgehead atoms. The number of rotatable bonds is 2. The molecule has 204 valence electrons. The van der Waals surface area contributed by atoms with Crippen molar-refractivity contribution >= 4 is 22.6 Å². The number of carbonyl (C=O) groups is 1. The van der Waals surface area contributed by atoms with Gasteiger partial charge in [-0.15, -0.1) is 0 Å². The van der Waals surface area contributed by atoms with Crippen LogP contribution in [0.25, 0.3) is 10.9 Å². The molecule has 2 N–H and O–H groups in total. The zero-order valence-electron chi connectivity index (χ0n) is 23.3. The lowest BCUT2D eigenvalue weighted by Gasteiger charge is -2.22. The highest BCUT2D eigenvalue weighted by molar-refractivity contribution is 5.95. The first-order chi connectivity index (χ1) is 17.0. The molecular weight excluding hydrogens is 460 g/mol. The summed E-state index contributed by atoms with van der Waals surface area (Å²) in [4.78, 5) is 14.6. The molecule has 4 rings (SSSR count). The van der Waals surface area contributed by atoms with E-state index >= 15 is 0 Å². The number of pyridine rings is 1. The molecule has 36 heavy (non-hydrogen) atoms. The van der Waals surface area contributed by atoms with Gasteiger partial charge in [0.15, 0.2) is 5.75 Å². The molecule has 0 spiro atoms. The van der Waals surface area contributed by atoms with E-state index in [9.17, 15) is 4.79 Å². The van der Waals surface area contributed by atoms with Gasteiger partial charge in [-0.3, -0.25) is 9.78 Å². The Balaban J connectivity index is 0.000000275. The summed E-state index contributed by atoms with van der Waals surface area (Å²) in [6.07, 6.45) is 7.65. The van der Waals surface area contributed by atoms with Crippen LogP contribution in [0.4, 0.5) is 5.69 Å². The van der Waals surface area contributed by atoms with Crippen LogP contribution >= 0.6 is 0 Å². The summed E-state index contributed by atoms with van der Waals surface area (Å²) in [6, 6.07) is 5.83. The van der Waals surface area contributed by atoms with E-state index in [0.717, 1.165) is 46.5 Å². The molecule has 8 heteroatoms. The van der Waals surface area contributed by atoms with Crippen molar-refractivity contribution in [2.24, 2.45) is 11.8 Å². The van der Waals surface area contributed by atoms with Crippen LogP contribution in [0.3, 0.4) is 0 Å². The second-order valence-corrected chi connectivity index (χ2v) is 10.1. The lowest BCUT2D eigenvalue weighted by Crippen LogP contribution is -2.21. The number of nitrogens with zero attached hydrogens (tertiary/aromatic N) is 1. The summed E-state index contributed by atoms with van der Waals surface area (Å²) in [5.41, 5.74) is 1.62. The van der Waals surface area contributed by atoms with Crippen molar-refractivity contribution in [3.05, 3.63) is 24.4 Å². The Morgan fingerprint density at radius 1 is 1.14 bits per heavy atom. The van der Waals surface area contributed by atoms with Crippen LogP contribution in [0.1, 0.15) is 67.2 Å². The van der Waals surface area contributed by atoms with Gasteiger partial charge in [-0.05, 0) is 50.8 Å². The highest BCUT2D eigenvalue weighted by Crippen LogP contribution is 2.35. The molecule has 1 aliphatic heterocycles. The normalized spacial score (nSPS) is 18.2. The highest BCUT2D eigenvalue weighted by atomic mass is 16.6. The maximum Gasteiger partial charge on any atom is 0.303 e. The molecule has 2 aromatic rings. The number of anilines is 1. The number of ether oxygens (including phenoxy) is 4. The van der Waals surface area contributed by atoms with Gasteiger partial charge in [-0.25, -0.2) is 0 Å². The largest absolute Gasteiger partial charge is 0.497 e. The molecule has 0 atom stereocenters.